The summed E-state index contributed by atoms with van der Waals surface area (Å²) in [6.45, 7) is 5.97. The van der Waals surface area contributed by atoms with Gasteiger partial charge < -0.3 is 14.0 Å². The van der Waals surface area contributed by atoms with Crippen LogP contribution in [-0.2, 0) is 9.53 Å². The van der Waals surface area contributed by atoms with Crippen LogP contribution in [0.2, 0.25) is 0 Å². The number of carbonyl (C=O) groups is 2. The third kappa shape index (κ3) is 4.34. The van der Waals surface area contributed by atoms with Crippen molar-refractivity contribution in [2.75, 3.05) is 13.2 Å². The van der Waals surface area contributed by atoms with E-state index in [0.29, 0.717) is 17.4 Å². The third-order valence-electron chi connectivity index (χ3n) is 4.66. The summed E-state index contributed by atoms with van der Waals surface area (Å²) in [5, 5.41) is 0. The fourth-order valence-corrected chi connectivity index (χ4v) is 3.14. The van der Waals surface area contributed by atoms with Crippen LogP contribution in [0.4, 0.5) is 0 Å². The van der Waals surface area contributed by atoms with Gasteiger partial charge in [-0.05, 0) is 51.8 Å². The summed E-state index contributed by atoms with van der Waals surface area (Å²) in [6.07, 6.45) is 2.45. The lowest BCUT2D eigenvalue weighted by Crippen LogP contribution is -2.16. The summed E-state index contributed by atoms with van der Waals surface area (Å²) in [7, 11) is 0. The molecule has 0 radical (unpaired) electrons. The predicted molar refractivity (Wildman–Crippen MR) is 98.8 cm³/mol. The zero-order valence-corrected chi connectivity index (χ0v) is 15.6. The first-order chi connectivity index (χ1) is 12.5. The molecule has 1 aromatic heterocycles. The van der Waals surface area contributed by atoms with Crippen LogP contribution in [0.1, 0.15) is 52.6 Å². The van der Waals surface area contributed by atoms with E-state index in [1.807, 2.05) is 51.1 Å². The lowest BCUT2D eigenvalue weighted by Gasteiger charge is -2.08. The minimum absolute atomic E-state index is 0.113. The van der Waals surface area contributed by atoms with Gasteiger partial charge in [-0.3, -0.25) is 9.59 Å². The van der Waals surface area contributed by atoms with Gasteiger partial charge in [-0.25, -0.2) is 0 Å². The van der Waals surface area contributed by atoms with E-state index in [1.165, 1.54) is 12.8 Å². The SMILES string of the molecule is Cc1ccc(OCCC(=O)OCC(=O)c2cc(C)n(C3CC3)c2C)cc1. The minimum Gasteiger partial charge on any atom is -0.493 e. The highest BCUT2D eigenvalue weighted by molar-refractivity contribution is 5.99. The number of ketones is 1. The van der Waals surface area contributed by atoms with Crippen LogP contribution in [0.3, 0.4) is 0 Å². The predicted octanol–water partition coefficient (Wildman–Crippen LogP) is 3.94. The smallest absolute Gasteiger partial charge is 0.309 e. The van der Waals surface area contributed by atoms with Crippen LogP contribution in [0.15, 0.2) is 30.3 Å². The number of ether oxygens (including phenoxy) is 2. The van der Waals surface area contributed by atoms with Crippen LogP contribution in [0, 0.1) is 20.8 Å². The Kier molecular flexibility index (Phi) is 5.45. The van der Waals surface area contributed by atoms with Gasteiger partial charge in [-0.2, -0.15) is 0 Å². The molecule has 0 unspecified atom stereocenters. The zero-order chi connectivity index (χ0) is 18.7. The lowest BCUT2D eigenvalue weighted by molar-refractivity contribution is -0.143. The molecule has 2 aromatic rings. The number of hydrogen-bond donors (Lipinski definition) is 0. The second-order valence-electron chi connectivity index (χ2n) is 6.88. The van der Waals surface area contributed by atoms with Crippen LogP contribution >= 0.6 is 0 Å². The average molecular weight is 355 g/mol. The van der Waals surface area contributed by atoms with E-state index in [9.17, 15) is 9.59 Å². The largest absolute Gasteiger partial charge is 0.493 e. The summed E-state index contributed by atoms with van der Waals surface area (Å²) in [5.74, 6) is 0.131. The topological polar surface area (TPSA) is 57.5 Å². The van der Waals surface area contributed by atoms with Gasteiger partial charge in [0, 0.05) is 23.0 Å². The molecule has 26 heavy (non-hydrogen) atoms. The van der Waals surface area contributed by atoms with Crippen molar-refractivity contribution in [1.29, 1.82) is 0 Å². The van der Waals surface area contributed by atoms with Gasteiger partial charge in [0.15, 0.2) is 6.61 Å². The fourth-order valence-electron chi connectivity index (χ4n) is 3.14. The van der Waals surface area contributed by atoms with Crippen molar-refractivity contribution in [3.8, 4) is 5.75 Å². The monoisotopic (exact) mass is 355 g/mol. The van der Waals surface area contributed by atoms with Gasteiger partial charge in [0.2, 0.25) is 5.78 Å². The Hall–Kier alpha value is -2.56. The molecule has 5 heteroatoms. The van der Waals surface area contributed by atoms with Crippen molar-refractivity contribution < 1.29 is 19.1 Å². The summed E-state index contributed by atoms with van der Waals surface area (Å²) in [5.41, 5.74) is 3.86. The van der Waals surface area contributed by atoms with Gasteiger partial charge in [-0.15, -0.1) is 0 Å². The Morgan fingerprint density at radius 3 is 2.46 bits per heavy atom. The third-order valence-corrected chi connectivity index (χ3v) is 4.66. The van der Waals surface area contributed by atoms with E-state index >= 15 is 0 Å². The molecule has 0 bridgehead atoms. The van der Waals surface area contributed by atoms with Crippen LogP contribution in [0.25, 0.3) is 0 Å². The van der Waals surface area contributed by atoms with Crippen molar-refractivity contribution in [2.24, 2.45) is 0 Å². The van der Waals surface area contributed by atoms with Crippen molar-refractivity contribution >= 4 is 11.8 Å². The summed E-state index contributed by atoms with van der Waals surface area (Å²) < 4.78 is 12.8. The molecule has 1 saturated carbocycles. The van der Waals surface area contributed by atoms with Crippen molar-refractivity contribution in [1.82, 2.24) is 4.57 Å². The highest BCUT2D eigenvalue weighted by Crippen LogP contribution is 2.38. The Labute approximate surface area is 153 Å². The number of esters is 1. The average Bonchev–Trinajstić information content (AvgIpc) is 3.39. The molecule has 138 valence electrons. The van der Waals surface area contributed by atoms with E-state index in [-0.39, 0.29) is 25.4 Å². The van der Waals surface area contributed by atoms with Gasteiger partial charge in [-0.1, -0.05) is 17.7 Å². The Morgan fingerprint density at radius 2 is 1.81 bits per heavy atom. The van der Waals surface area contributed by atoms with E-state index in [4.69, 9.17) is 9.47 Å². The zero-order valence-electron chi connectivity index (χ0n) is 15.6. The molecule has 0 atom stereocenters. The van der Waals surface area contributed by atoms with Crippen molar-refractivity contribution in [2.45, 2.75) is 46.1 Å². The van der Waals surface area contributed by atoms with Crippen molar-refractivity contribution in [3.05, 3.63) is 52.8 Å². The number of hydrogen-bond acceptors (Lipinski definition) is 4. The first-order valence-electron chi connectivity index (χ1n) is 9.02. The molecule has 1 aliphatic rings. The molecule has 0 aliphatic heterocycles. The fraction of sp³-hybridized carbons (Fsp3) is 0.429. The molecule has 5 nitrogen and oxygen atoms in total. The van der Waals surface area contributed by atoms with Crippen LogP contribution < -0.4 is 4.74 Å². The molecule has 1 aliphatic carbocycles. The Bertz CT molecular complexity index is 800. The summed E-state index contributed by atoms with van der Waals surface area (Å²) >= 11 is 0. The van der Waals surface area contributed by atoms with Crippen LogP contribution in [0.5, 0.6) is 5.75 Å². The summed E-state index contributed by atoms with van der Waals surface area (Å²) in [6, 6.07) is 10.0. The first-order valence-corrected chi connectivity index (χ1v) is 9.02. The second kappa shape index (κ2) is 7.77. The number of nitrogens with zero attached hydrogens (tertiary/aromatic N) is 1. The van der Waals surface area contributed by atoms with E-state index in [1.54, 1.807) is 0 Å². The molecule has 0 N–H and O–H groups in total. The molecule has 3 rings (SSSR count). The minimum atomic E-state index is -0.429. The molecular weight excluding hydrogens is 330 g/mol. The Balaban J connectivity index is 1.44. The molecular formula is C21H25NO4. The van der Waals surface area contributed by atoms with Gasteiger partial charge in [0.05, 0.1) is 13.0 Å². The van der Waals surface area contributed by atoms with E-state index in [2.05, 4.69) is 4.57 Å². The quantitative estimate of drug-likeness (QED) is 0.531. The van der Waals surface area contributed by atoms with Crippen LogP contribution in [-0.4, -0.2) is 29.5 Å². The molecule has 0 amide bonds. The first kappa shape index (κ1) is 18.2. The van der Waals surface area contributed by atoms with E-state index in [0.717, 1.165) is 17.0 Å². The maximum Gasteiger partial charge on any atom is 0.309 e. The number of aromatic nitrogens is 1. The van der Waals surface area contributed by atoms with E-state index < -0.39 is 5.97 Å². The highest BCUT2D eigenvalue weighted by atomic mass is 16.5. The standard InChI is InChI=1S/C21H25NO4/c1-14-4-8-18(9-5-14)25-11-10-21(24)26-13-20(23)19-12-15(2)22(16(19)3)17-6-7-17/h4-5,8-9,12,17H,6-7,10-11,13H2,1-3H3. The second-order valence-corrected chi connectivity index (χ2v) is 6.88. The normalized spacial score (nSPS) is 13.5. The molecule has 0 saturated heterocycles. The summed E-state index contributed by atoms with van der Waals surface area (Å²) in [4.78, 5) is 24.2. The van der Waals surface area contributed by atoms with Gasteiger partial charge in [0.1, 0.15) is 5.75 Å². The number of aryl methyl sites for hydroxylation is 2. The molecule has 1 fully saturated rings. The maximum atomic E-state index is 12.4. The number of carbonyl (C=O) groups excluding carboxylic acids is 2. The van der Waals surface area contributed by atoms with Gasteiger partial charge in [0.25, 0.3) is 0 Å². The number of Topliss-reactive ketones (excluding diaryl/α,β-unsaturated/α-hetero) is 1. The highest BCUT2D eigenvalue weighted by Gasteiger charge is 2.28. The molecule has 1 aromatic carbocycles. The molecule has 0 spiro atoms. The lowest BCUT2D eigenvalue weighted by atomic mass is 10.1. The maximum absolute atomic E-state index is 12.4. The number of benzene rings is 1. The Morgan fingerprint density at radius 1 is 1.12 bits per heavy atom. The number of rotatable bonds is 8. The van der Waals surface area contributed by atoms with Gasteiger partial charge >= 0.3 is 5.97 Å². The van der Waals surface area contributed by atoms with Crippen molar-refractivity contribution in [3.63, 3.8) is 0 Å². The molecule has 1 heterocycles.